The highest BCUT2D eigenvalue weighted by atomic mass is 16.5. The summed E-state index contributed by atoms with van der Waals surface area (Å²) in [6, 6.07) is 18.8. The molecule has 4 heterocycles. The predicted octanol–water partition coefficient (Wildman–Crippen LogP) is 4.34. The molecule has 0 saturated carbocycles. The lowest BCUT2D eigenvalue weighted by atomic mass is 10.0. The van der Waals surface area contributed by atoms with E-state index in [2.05, 4.69) is 55.4 Å². The minimum absolute atomic E-state index is 0.822. The molecule has 1 aliphatic heterocycles. The lowest BCUT2D eigenvalue weighted by molar-refractivity contribution is 0.0342. The van der Waals surface area contributed by atoms with Crippen LogP contribution in [0.3, 0.4) is 0 Å². The summed E-state index contributed by atoms with van der Waals surface area (Å²) in [6.07, 6.45) is 3.71. The highest BCUT2D eigenvalue weighted by molar-refractivity contribution is 5.80. The van der Waals surface area contributed by atoms with Crippen LogP contribution in [0.25, 0.3) is 33.8 Å². The molecule has 156 valence electrons. The normalized spacial score (nSPS) is 14.6. The van der Waals surface area contributed by atoms with Gasteiger partial charge in [-0.2, -0.15) is 5.10 Å². The van der Waals surface area contributed by atoms with Gasteiger partial charge in [-0.3, -0.25) is 20.0 Å². The van der Waals surface area contributed by atoms with Crippen LogP contribution >= 0.6 is 0 Å². The number of benzene rings is 1. The highest BCUT2D eigenvalue weighted by Crippen LogP contribution is 2.31. The Morgan fingerprint density at radius 1 is 0.968 bits per heavy atom. The summed E-state index contributed by atoms with van der Waals surface area (Å²) in [4.78, 5) is 11.7. The van der Waals surface area contributed by atoms with Crippen LogP contribution in [0.15, 0.2) is 67.0 Å². The topological polar surface area (TPSA) is 66.9 Å². The van der Waals surface area contributed by atoms with Gasteiger partial charge < -0.3 is 4.74 Å². The SMILES string of the molecule is Cc1cccc(-c2[nH]ncc2-c2ccnc(-c3ccc(CN4CCOCC4)cc3)c2)n1. The molecule has 3 aromatic heterocycles. The number of hydrogen-bond donors (Lipinski definition) is 1. The Bertz CT molecular complexity index is 1160. The smallest absolute Gasteiger partial charge is 0.0912 e. The molecule has 0 atom stereocenters. The number of pyridine rings is 2. The Morgan fingerprint density at radius 2 is 1.81 bits per heavy atom. The predicted molar refractivity (Wildman–Crippen MR) is 121 cm³/mol. The van der Waals surface area contributed by atoms with E-state index in [0.717, 1.165) is 72.3 Å². The minimum atomic E-state index is 0.822. The lowest BCUT2D eigenvalue weighted by Gasteiger charge is -2.26. The number of hydrogen-bond acceptors (Lipinski definition) is 5. The highest BCUT2D eigenvalue weighted by Gasteiger charge is 2.13. The van der Waals surface area contributed by atoms with Crippen molar-refractivity contribution in [3.63, 3.8) is 0 Å². The molecule has 6 nitrogen and oxygen atoms in total. The van der Waals surface area contributed by atoms with Gasteiger partial charge in [0.25, 0.3) is 0 Å². The van der Waals surface area contributed by atoms with Crippen molar-refractivity contribution in [2.75, 3.05) is 26.3 Å². The van der Waals surface area contributed by atoms with Crippen LogP contribution in [0, 0.1) is 6.92 Å². The van der Waals surface area contributed by atoms with Gasteiger partial charge in [-0.25, -0.2) is 0 Å². The van der Waals surface area contributed by atoms with Gasteiger partial charge in [-0.05, 0) is 42.3 Å². The van der Waals surface area contributed by atoms with E-state index < -0.39 is 0 Å². The average molecular weight is 412 g/mol. The Labute approximate surface area is 181 Å². The maximum Gasteiger partial charge on any atom is 0.0912 e. The first-order chi connectivity index (χ1) is 15.3. The van der Waals surface area contributed by atoms with E-state index in [1.807, 2.05) is 43.6 Å². The molecule has 31 heavy (non-hydrogen) atoms. The van der Waals surface area contributed by atoms with Gasteiger partial charge in [-0.15, -0.1) is 0 Å². The summed E-state index contributed by atoms with van der Waals surface area (Å²) < 4.78 is 5.44. The average Bonchev–Trinajstić information content (AvgIpc) is 3.31. The summed E-state index contributed by atoms with van der Waals surface area (Å²) in [5.74, 6) is 0. The van der Waals surface area contributed by atoms with E-state index in [-0.39, 0.29) is 0 Å². The molecule has 6 heteroatoms. The van der Waals surface area contributed by atoms with Gasteiger partial charge in [0.2, 0.25) is 0 Å². The molecule has 1 fully saturated rings. The van der Waals surface area contributed by atoms with Crippen molar-refractivity contribution >= 4 is 0 Å². The van der Waals surface area contributed by atoms with Crippen LogP contribution in [0.4, 0.5) is 0 Å². The number of morpholine rings is 1. The van der Waals surface area contributed by atoms with E-state index in [4.69, 9.17) is 4.74 Å². The van der Waals surface area contributed by atoms with Crippen LogP contribution in [-0.2, 0) is 11.3 Å². The fraction of sp³-hybridized carbons (Fsp3) is 0.240. The number of ether oxygens (including phenoxy) is 1. The maximum atomic E-state index is 5.44. The zero-order chi connectivity index (χ0) is 21.0. The quantitative estimate of drug-likeness (QED) is 0.529. The van der Waals surface area contributed by atoms with E-state index in [9.17, 15) is 0 Å². The molecule has 0 radical (unpaired) electrons. The van der Waals surface area contributed by atoms with Crippen LogP contribution in [0.2, 0.25) is 0 Å². The molecule has 1 saturated heterocycles. The third-order valence-corrected chi connectivity index (χ3v) is 5.61. The Balaban J connectivity index is 1.39. The molecule has 0 amide bonds. The maximum absolute atomic E-state index is 5.44. The molecule has 5 rings (SSSR count). The number of nitrogens with zero attached hydrogens (tertiary/aromatic N) is 4. The molecular formula is C25H25N5O. The number of nitrogens with one attached hydrogen (secondary N) is 1. The zero-order valence-corrected chi connectivity index (χ0v) is 17.6. The summed E-state index contributed by atoms with van der Waals surface area (Å²) in [5, 5.41) is 7.38. The lowest BCUT2D eigenvalue weighted by Crippen LogP contribution is -2.35. The van der Waals surface area contributed by atoms with Gasteiger partial charge >= 0.3 is 0 Å². The van der Waals surface area contributed by atoms with E-state index in [1.54, 1.807) is 0 Å². The first kappa shape index (κ1) is 19.6. The van der Waals surface area contributed by atoms with Crippen molar-refractivity contribution in [2.24, 2.45) is 0 Å². The molecule has 1 aromatic carbocycles. The van der Waals surface area contributed by atoms with Crippen molar-refractivity contribution in [3.8, 4) is 33.8 Å². The van der Waals surface area contributed by atoms with Gasteiger partial charge in [0, 0.05) is 42.7 Å². The largest absolute Gasteiger partial charge is 0.379 e. The molecule has 0 unspecified atom stereocenters. The van der Waals surface area contributed by atoms with Crippen LogP contribution in [0.5, 0.6) is 0 Å². The Morgan fingerprint density at radius 3 is 2.61 bits per heavy atom. The van der Waals surface area contributed by atoms with Gasteiger partial charge in [0.15, 0.2) is 0 Å². The van der Waals surface area contributed by atoms with E-state index >= 15 is 0 Å². The molecule has 1 aliphatic rings. The fourth-order valence-electron chi connectivity index (χ4n) is 3.94. The molecule has 0 aliphatic carbocycles. The molecule has 4 aromatic rings. The Kier molecular flexibility index (Phi) is 5.56. The number of aryl methyl sites for hydroxylation is 1. The first-order valence-corrected chi connectivity index (χ1v) is 10.6. The van der Waals surface area contributed by atoms with Gasteiger partial charge in [0.1, 0.15) is 0 Å². The second kappa shape index (κ2) is 8.79. The van der Waals surface area contributed by atoms with E-state index in [1.165, 1.54) is 5.56 Å². The van der Waals surface area contributed by atoms with Crippen molar-refractivity contribution in [2.45, 2.75) is 13.5 Å². The monoisotopic (exact) mass is 411 g/mol. The van der Waals surface area contributed by atoms with Gasteiger partial charge in [0.05, 0.1) is 36.5 Å². The van der Waals surface area contributed by atoms with Crippen LogP contribution in [-0.4, -0.2) is 51.4 Å². The second-order valence-corrected chi connectivity index (χ2v) is 7.84. The number of H-pyrrole nitrogens is 1. The first-order valence-electron chi connectivity index (χ1n) is 10.6. The standard InChI is InChI=1S/C25H25N5O/c1-18-3-2-4-23(28-18)25-22(16-27-29-25)21-9-10-26-24(15-21)20-7-5-19(6-8-20)17-30-11-13-31-14-12-30/h2-10,15-16H,11-14,17H2,1H3,(H,27,29). The fourth-order valence-corrected chi connectivity index (χ4v) is 3.94. The summed E-state index contributed by atoms with van der Waals surface area (Å²) in [5.41, 5.74) is 8.22. The van der Waals surface area contributed by atoms with Crippen LogP contribution < -0.4 is 0 Å². The summed E-state index contributed by atoms with van der Waals surface area (Å²) >= 11 is 0. The molecule has 1 N–H and O–H groups in total. The minimum Gasteiger partial charge on any atom is -0.379 e. The second-order valence-electron chi connectivity index (χ2n) is 7.84. The summed E-state index contributed by atoms with van der Waals surface area (Å²) in [7, 11) is 0. The van der Waals surface area contributed by atoms with Crippen molar-refractivity contribution in [1.82, 2.24) is 25.1 Å². The molecular weight excluding hydrogens is 386 g/mol. The van der Waals surface area contributed by atoms with Gasteiger partial charge in [-0.1, -0.05) is 30.3 Å². The number of rotatable bonds is 5. The number of aromatic nitrogens is 4. The third kappa shape index (κ3) is 4.40. The Hall–Kier alpha value is -3.35. The number of aromatic amines is 1. The van der Waals surface area contributed by atoms with E-state index in [0.29, 0.717) is 0 Å². The van der Waals surface area contributed by atoms with Crippen molar-refractivity contribution < 1.29 is 4.74 Å². The van der Waals surface area contributed by atoms with Crippen molar-refractivity contribution in [3.05, 3.63) is 78.2 Å². The molecule has 0 bridgehead atoms. The van der Waals surface area contributed by atoms with Crippen molar-refractivity contribution in [1.29, 1.82) is 0 Å². The third-order valence-electron chi connectivity index (χ3n) is 5.61. The summed E-state index contributed by atoms with van der Waals surface area (Å²) in [6.45, 7) is 6.58. The van der Waals surface area contributed by atoms with Crippen LogP contribution in [0.1, 0.15) is 11.3 Å². The molecule has 0 spiro atoms. The zero-order valence-electron chi connectivity index (χ0n) is 17.6.